The standard InChI is InChI=1S/C18H13ClF2N2O3S/c1-3-26-18(25)13-14(24)11-8-12(21)15(19)22-16(11)23(17(13)27-2)10-6-4-9(20)5-7-10/h4-8H,3H2,1-2H3. The molecule has 140 valence electrons. The van der Waals surface area contributed by atoms with Gasteiger partial charge < -0.3 is 4.74 Å². The van der Waals surface area contributed by atoms with Crippen molar-refractivity contribution in [1.29, 1.82) is 0 Å². The van der Waals surface area contributed by atoms with Crippen LogP contribution in [0.1, 0.15) is 17.3 Å². The minimum atomic E-state index is -0.890. The highest BCUT2D eigenvalue weighted by Crippen LogP contribution is 2.29. The van der Waals surface area contributed by atoms with Crippen molar-refractivity contribution in [2.24, 2.45) is 0 Å². The predicted molar refractivity (Wildman–Crippen MR) is 100 cm³/mol. The number of rotatable bonds is 4. The summed E-state index contributed by atoms with van der Waals surface area (Å²) in [6, 6.07) is 6.27. The molecule has 2 heterocycles. The quantitative estimate of drug-likeness (QED) is 0.366. The summed E-state index contributed by atoms with van der Waals surface area (Å²) in [4.78, 5) is 29.3. The highest BCUT2D eigenvalue weighted by molar-refractivity contribution is 7.98. The van der Waals surface area contributed by atoms with Gasteiger partial charge in [-0.05, 0) is 43.5 Å². The lowest BCUT2D eigenvalue weighted by molar-refractivity contribution is 0.0519. The molecule has 0 unspecified atom stereocenters. The molecule has 0 aliphatic rings. The van der Waals surface area contributed by atoms with Crippen molar-refractivity contribution < 1.29 is 18.3 Å². The molecule has 27 heavy (non-hydrogen) atoms. The maximum Gasteiger partial charge on any atom is 0.344 e. The van der Waals surface area contributed by atoms with E-state index >= 15 is 0 Å². The lowest BCUT2D eigenvalue weighted by atomic mass is 10.1. The van der Waals surface area contributed by atoms with Crippen LogP contribution in [-0.2, 0) is 4.74 Å². The number of esters is 1. The number of carbonyl (C=O) groups excluding carboxylic acids is 1. The Balaban J connectivity index is 2.52. The van der Waals surface area contributed by atoms with E-state index in [1.54, 1.807) is 13.2 Å². The number of carbonyl (C=O) groups is 1. The number of benzene rings is 1. The highest BCUT2D eigenvalue weighted by atomic mass is 35.5. The number of thioether (sulfide) groups is 1. The minimum absolute atomic E-state index is 0.0513. The predicted octanol–water partition coefficient (Wildman–Crippen LogP) is 4.22. The molecule has 0 aliphatic heterocycles. The van der Waals surface area contributed by atoms with E-state index in [2.05, 4.69) is 4.98 Å². The van der Waals surface area contributed by atoms with Gasteiger partial charge >= 0.3 is 5.97 Å². The van der Waals surface area contributed by atoms with Gasteiger partial charge in [-0.15, -0.1) is 11.8 Å². The van der Waals surface area contributed by atoms with Gasteiger partial charge in [0.25, 0.3) is 0 Å². The van der Waals surface area contributed by atoms with Crippen LogP contribution < -0.4 is 5.43 Å². The highest BCUT2D eigenvalue weighted by Gasteiger charge is 2.25. The van der Waals surface area contributed by atoms with E-state index in [9.17, 15) is 18.4 Å². The van der Waals surface area contributed by atoms with Crippen LogP contribution in [-0.4, -0.2) is 28.4 Å². The SMILES string of the molecule is CCOC(=O)c1c(SC)n(-c2ccc(F)cc2)c2nc(Cl)c(F)cc2c1=O. The van der Waals surface area contributed by atoms with E-state index in [0.717, 1.165) is 17.8 Å². The Kier molecular flexibility index (Phi) is 5.48. The van der Waals surface area contributed by atoms with E-state index < -0.39 is 28.2 Å². The molecule has 2 aromatic heterocycles. The van der Waals surface area contributed by atoms with E-state index in [0.29, 0.717) is 5.69 Å². The lowest BCUT2D eigenvalue weighted by Crippen LogP contribution is -2.24. The van der Waals surface area contributed by atoms with Gasteiger partial charge in [0.05, 0.1) is 17.0 Å². The van der Waals surface area contributed by atoms with Crippen LogP contribution >= 0.6 is 23.4 Å². The van der Waals surface area contributed by atoms with Crippen LogP contribution in [0.2, 0.25) is 5.15 Å². The van der Waals surface area contributed by atoms with E-state index in [1.807, 2.05) is 0 Å². The fourth-order valence-electron chi connectivity index (χ4n) is 2.64. The molecule has 0 spiro atoms. The fourth-order valence-corrected chi connectivity index (χ4v) is 3.53. The first-order chi connectivity index (χ1) is 12.9. The van der Waals surface area contributed by atoms with Crippen molar-refractivity contribution in [2.75, 3.05) is 12.9 Å². The van der Waals surface area contributed by atoms with Crippen LogP contribution in [0.3, 0.4) is 0 Å². The molecular weight excluding hydrogens is 398 g/mol. The van der Waals surface area contributed by atoms with Gasteiger partial charge in [0.2, 0.25) is 5.43 Å². The topological polar surface area (TPSA) is 61.2 Å². The third kappa shape index (κ3) is 3.42. The molecule has 0 atom stereocenters. The zero-order valence-electron chi connectivity index (χ0n) is 14.3. The summed E-state index contributed by atoms with van der Waals surface area (Å²) in [6.07, 6.45) is 1.66. The second kappa shape index (κ2) is 7.66. The Morgan fingerprint density at radius 1 is 1.30 bits per heavy atom. The van der Waals surface area contributed by atoms with Crippen LogP contribution in [0.25, 0.3) is 16.7 Å². The number of fused-ring (bicyclic) bond motifs is 1. The first-order valence-electron chi connectivity index (χ1n) is 7.80. The first kappa shape index (κ1) is 19.3. The molecule has 0 aliphatic carbocycles. The normalized spacial score (nSPS) is 11.0. The Labute approximate surface area is 161 Å². The van der Waals surface area contributed by atoms with Gasteiger partial charge in [-0.25, -0.2) is 18.6 Å². The number of hydrogen-bond acceptors (Lipinski definition) is 5. The van der Waals surface area contributed by atoms with Gasteiger partial charge in [-0.1, -0.05) is 11.6 Å². The van der Waals surface area contributed by atoms with Crippen LogP contribution in [0.5, 0.6) is 0 Å². The summed E-state index contributed by atoms with van der Waals surface area (Å²) in [5.74, 6) is -2.18. The third-order valence-electron chi connectivity index (χ3n) is 3.77. The van der Waals surface area contributed by atoms with E-state index in [4.69, 9.17) is 16.3 Å². The molecule has 9 heteroatoms. The average molecular weight is 411 g/mol. The lowest BCUT2D eigenvalue weighted by Gasteiger charge is -2.18. The molecule has 0 amide bonds. The van der Waals surface area contributed by atoms with E-state index in [1.165, 1.54) is 28.8 Å². The number of halogens is 3. The molecule has 0 fully saturated rings. The second-order valence-electron chi connectivity index (χ2n) is 5.38. The number of pyridine rings is 2. The summed E-state index contributed by atoms with van der Waals surface area (Å²) in [6.45, 7) is 1.67. The van der Waals surface area contributed by atoms with Crippen molar-refractivity contribution in [3.63, 3.8) is 0 Å². The molecule has 0 N–H and O–H groups in total. The van der Waals surface area contributed by atoms with Crippen molar-refractivity contribution in [3.05, 3.63) is 62.9 Å². The Morgan fingerprint density at radius 3 is 2.56 bits per heavy atom. The summed E-state index contributed by atoms with van der Waals surface area (Å²) in [5.41, 5.74) is -0.485. The van der Waals surface area contributed by atoms with Crippen LogP contribution in [0, 0.1) is 11.6 Å². The van der Waals surface area contributed by atoms with Gasteiger partial charge in [0.15, 0.2) is 16.6 Å². The van der Waals surface area contributed by atoms with Gasteiger partial charge in [0, 0.05) is 5.69 Å². The van der Waals surface area contributed by atoms with Crippen molar-refractivity contribution in [2.45, 2.75) is 11.9 Å². The molecule has 1 aromatic carbocycles. The molecule has 3 aromatic rings. The average Bonchev–Trinajstić information content (AvgIpc) is 2.64. The van der Waals surface area contributed by atoms with Crippen molar-refractivity contribution in [3.8, 4) is 5.69 Å². The Bertz CT molecular complexity index is 1100. The van der Waals surface area contributed by atoms with Crippen LogP contribution in [0.4, 0.5) is 8.78 Å². The van der Waals surface area contributed by atoms with Gasteiger partial charge in [-0.2, -0.15) is 0 Å². The number of nitrogens with zero attached hydrogens (tertiary/aromatic N) is 2. The third-order valence-corrected chi connectivity index (χ3v) is 4.81. The molecule has 0 saturated carbocycles. The number of hydrogen-bond donors (Lipinski definition) is 0. The smallest absolute Gasteiger partial charge is 0.344 e. The number of aromatic nitrogens is 2. The maximum atomic E-state index is 14.0. The molecule has 0 saturated heterocycles. The van der Waals surface area contributed by atoms with Gasteiger partial charge in [0.1, 0.15) is 11.4 Å². The van der Waals surface area contributed by atoms with Gasteiger partial charge in [-0.3, -0.25) is 9.36 Å². The number of ether oxygens (including phenoxy) is 1. The minimum Gasteiger partial charge on any atom is -0.462 e. The maximum absolute atomic E-state index is 14.0. The largest absolute Gasteiger partial charge is 0.462 e. The summed E-state index contributed by atoms with van der Waals surface area (Å²) in [5, 5.41) is -0.330. The van der Waals surface area contributed by atoms with Crippen LogP contribution in [0.15, 0.2) is 40.2 Å². The zero-order chi connectivity index (χ0) is 19.7. The van der Waals surface area contributed by atoms with Crippen molar-refractivity contribution in [1.82, 2.24) is 9.55 Å². The van der Waals surface area contributed by atoms with E-state index in [-0.39, 0.29) is 28.2 Å². The summed E-state index contributed by atoms with van der Waals surface area (Å²) >= 11 is 6.92. The second-order valence-corrected chi connectivity index (χ2v) is 6.53. The van der Waals surface area contributed by atoms with Crippen molar-refractivity contribution >= 4 is 40.4 Å². The zero-order valence-corrected chi connectivity index (χ0v) is 15.8. The monoisotopic (exact) mass is 410 g/mol. The molecule has 3 rings (SSSR count). The molecule has 5 nitrogen and oxygen atoms in total. The first-order valence-corrected chi connectivity index (χ1v) is 9.41. The Hall–Kier alpha value is -2.45. The summed E-state index contributed by atoms with van der Waals surface area (Å²) < 4.78 is 33.8. The molecule has 0 radical (unpaired) electrons. The summed E-state index contributed by atoms with van der Waals surface area (Å²) in [7, 11) is 0. The molecular formula is C18H13ClF2N2O3S. The Morgan fingerprint density at radius 2 is 1.96 bits per heavy atom. The fraction of sp³-hybridized carbons (Fsp3) is 0.167. The molecule has 0 bridgehead atoms.